The van der Waals surface area contributed by atoms with E-state index in [0.717, 1.165) is 0 Å². The van der Waals surface area contributed by atoms with Gasteiger partial charge in [-0.2, -0.15) is 0 Å². The molecule has 0 aliphatic carbocycles. The van der Waals surface area contributed by atoms with Gasteiger partial charge in [0, 0.05) is 0 Å². The van der Waals surface area contributed by atoms with E-state index < -0.39 is 11.7 Å². The second-order valence-electron chi connectivity index (χ2n) is 4.98. The van der Waals surface area contributed by atoms with Gasteiger partial charge in [-0.05, 0) is 34.6 Å². The van der Waals surface area contributed by atoms with Crippen molar-refractivity contribution in [3.8, 4) is 0 Å². The standard InChI is InChI=1S/C11H20N2O3/c1-7-6-12-9(15-7)8(2)13-10(14)16-11(3,4)5/h7-8H,6H2,1-5H3,(H,13,14)/t7?,8-/m0/s1. The van der Waals surface area contributed by atoms with Crippen LogP contribution in [0.4, 0.5) is 4.79 Å². The summed E-state index contributed by atoms with van der Waals surface area (Å²) in [4.78, 5) is 15.7. The first-order valence-electron chi connectivity index (χ1n) is 5.48. The summed E-state index contributed by atoms with van der Waals surface area (Å²) in [5.74, 6) is 0.568. The second kappa shape index (κ2) is 4.72. The van der Waals surface area contributed by atoms with Crippen LogP contribution in [-0.2, 0) is 9.47 Å². The van der Waals surface area contributed by atoms with Gasteiger partial charge in [0.05, 0.1) is 6.54 Å². The number of amides is 1. The highest BCUT2D eigenvalue weighted by atomic mass is 16.6. The summed E-state index contributed by atoms with van der Waals surface area (Å²) in [6.45, 7) is 9.88. The highest BCUT2D eigenvalue weighted by molar-refractivity contribution is 5.86. The lowest BCUT2D eigenvalue weighted by Gasteiger charge is -2.21. The molecule has 0 aromatic heterocycles. The van der Waals surface area contributed by atoms with Gasteiger partial charge in [-0.3, -0.25) is 0 Å². The molecule has 5 heteroatoms. The minimum absolute atomic E-state index is 0.0953. The number of nitrogens with one attached hydrogen (secondary N) is 1. The molecule has 1 heterocycles. The maximum atomic E-state index is 11.5. The van der Waals surface area contributed by atoms with Gasteiger partial charge in [-0.15, -0.1) is 0 Å². The summed E-state index contributed by atoms with van der Waals surface area (Å²) in [5.41, 5.74) is -0.491. The van der Waals surface area contributed by atoms with E-state index in [4.69, 9.17) is 9.47 Å². The van der Waals surface area contributed by atoms with Crippen molar-refractivity contribution in [2.75, 3.05) is 6.54 Å². The molecule has 0 saturated heterocycles. The Morgan fingerprint density at radius 1 is 1.62 bits per heavy atom. The van der Waals surface area contributed by atoms with Crippen LogP contribution in [0.5, 0.6) is 0 Å². The Bertz CT molecular complexity index is 294. The van der Waals surface area contributed by atoms with Crippen LogP contribution in [0.15, 0.2) is 4.99 Å². The van der Waals surface area contributed by atoms with E-state index in [1.807, 2.05) is 34.6 Å². The van der Waals surface area contributed by atoms with E-state index in [2.05, 4.69) is 10.3 Å². The Hall–Kier alpha value is -1.26. The zero-order valence-corrected chi connectivity index (χ0v) is 10.5. The van der Waals surface area contributed by atoms with Crippen LogP contribution in [0.2, 0.25) is 0 Å². The van der Waals surface area contributed by atoms with Crippen molar-refractivity contribution in [1.82, 2.24) is 5.32 Å². The number of aliphatic imine (C=N–C) groups is 1. The van der Waals surface area contributed by atoms with Crippen LogP contribution in [0.25, 0.3) is 0 Å². The maximum Gasteiger partial charge on any atom is 0.408 e. The Kier molecular flexibility index (Phi) is 3.78. The average molecular weight is 228 g/mol. The first kappa shape index (κ1) is 12.8. The van der Waals surface area contributed by atoms with Gasteiger partial charge in [0.15, 0.2) is 0 Å². The summed E-state index contributed by atoms with van der Waals surface area (Å²) in [7, 11) is 0. The molecule has 1 aliphatic rings. The van der Waals surface area contributed by atoms with Crippen molar-refractivity contribution in [2.24, 2.45) is 4.99 Å². The summed E-state index contributed by atoms with van der Waals surface area (Å²) < 4.78 is 10.6. The van der Waals surface area contributed by atoms with Crippen LogP contribution in [0.1, 0.15) is 34.6 Å². The third kappa shape index (κ3) is 4.08. The second-order valence-corrected chi connectivity index (χ2v) is 4.98. The van der Waals surface area contributed by atoms with E-state index >= 15 is 0 Å². The van der Waals surface area contributed by atoms with E-state index in [0.29, 0.717) is 12.4 Å². The lowest BCUT2D eigenvalue weighted by molar-refractivity contribution is 0.0515. The van der Waals surface area contributed by atoms with Crippen LogP contribution < -0.4 is 5.32 Å². The zero-order valence-electron chi connectivity index (χ0n) is 10.5. The van der Waals surface area contributed by atoms with Crippen LogP contribution in [0.3, 0.4) is 0 Å². The highest BCUT2D eigenvalue weighted by Gasteiger charge is 2.24. The molecule has 1 rings (SSSR count). The molecular formula is C11H20N2O3. The Morgan fingerprint density at radius 3 is 2.69 bits per heavy atom. The predicted octanol–water partition coefficient (Wildman–Crippen LogP) is 1.72. The lowest BCUT2D eigenvalue weighted by Crippen LogP contribution is -2.42. The molecule has 2 atom stereocenters. The largest absolute Gasteiger partial charge is 0.475 e. The molecule has 0 bridgehead atoms. The summed E-state index contributed by atoms with van der Waals surface area (Å²) in [6.07, 6.45) is -0.358. The molecule has 1 aliphatic heterocycles. The van der Waals surface area contributed by atoms with Gasteiger partial charge in [0.2, 0.25) is 5.90 Å². The minimum atomic E-state index is -0.491. The fourth-order valence-corrected chi connectivity index (χ4v) is 1.28. The molecule has 0 spiro atoms. The third-order valence-electron chi connectivity index (χ3n) is 1.93. The molecule has 1 N–H and O–H groups in total. The zero-order chi connectivity index (χ0) is 12.3. The van der Waals surface area contributed by atoms with E-state index in [-0.39, 0.29) is 12.1 Å². The molecule has 0 aromatic carbocycles. The van der Waals surface area contributed by atoms with Gasteiger partial charge < -0.3 is 14.8 Å². The predicted molar refractivity (Wildman–Crippen MR) is 61.7 cm³/mol. The fraction of sp³-hybridized carbons (Fsp3) is 0.818. The van der Waals surface area contributed by atoms with Crippen molar-refractivity contribution >= 4 is 12.0 Å². The van der Waals surface area contributed by atoms with Crippen molar-refractivity contribution < 1.29 is 14.3 Å². The van der Waals surface area contributed by atoms with Gasteiger partial charge in [0.1, 0.15) is 17.7 Å². The number of nitrogens with zero attached hydrogens (tertiary/aromatic N) is 1. The number of hydrogen-bond donors (Lipinski definition) is 1. The lowest BCUT2D eigenvalue weighted by atomic mass is 10.2. The van der Waals surface area contributed by atoms with Gasteiger partial charge in [-0.25, -0.2) is 9.79 Å². The van der Waals surface area contributed by atoms with Crippen molar-refractivity contribution in [2.45, 2.75) is 52.4 Å². The molecule has 0 aromatic rings. The molecular weight excluding hydrogens is 208 g/mol. The van der Waals surface area contributed by atoms with Crippen molar-refractivity contribution in [3.63, 3.8) is 0 Å². The van der Waals surface area contributed by atoms with E-state index in [9.17, 15) is 4.79 Å². The minimum Gasteiger partial charge on any atom is -0.475 e. The normalized spacial score (nSPS) is 22.1. The smallest absolute Gasteiger partial charge is 0.408 e. The van der Waals surface area contributed by atoms with E-state index in [1.165, 1.54) is 0 Å². The van der Waals surface area contributed by atoms with Crippen LogP contribution in [-0.4, -0.2) is 36.3 Å². The number of hydrogen-bond acceptors (Lipinski definition) is 4. The molecule has 0 fully saturated rings. The average Bonchev–Trinajstić information content (AvgIpc) is 2.47. The Labute approximate surface area is 96.2 Å². The van der Waals surface area contributed by atoms with Crippen LogP contribution in [0, 0.1) is 0 Å². The van der Waals surface area contributed by atoms with E-state index in [1.54, 1.807) is 0 Å². The molecule has 0 saturated carbocycles. The first-order valence-corrected chi connectivity index (χ1v) is 5.48. The molecule has 16 heavy (non-hydrogen) atoms. The first-order chi connectivity index (χ1) is 7.28. The number of carbonyl (C=O) groups is 1. The quantitative estimate of drug-likeness (QED) is 0.782. The number of rotatable bonds is 2. The SMILES string of the molecule is CC1CN=C([C@H](C)NC(=O)OC(C)(C)C)O1. The fourth-order valence-electron chi connectivity index (χ4n) is 1.28. The maximum absolute atomic E-state index is 11.5. The molecule has 1 amide bonds. The van der Waals surface area contributed by atoms with Crippen LogP contribution >= 0.6 is 0 Å². The van der Waals surface area contributed by atoms with Crippen molar-refractivity contribution in [3.05, 3.63) is 0 Å². The molecule has 5 nitrogen and oxygen atoms in total. The molecule has 92 valence electrons. The molecule has 1 unspecified atom stereocenters. The van der Waals surface area contributed by atoms with Gasteiger partial charge >= 0.3 is 6.09 Å². The third-order valence-corrected chi connectivity index (χ3v) is 1.93. The van der Waals surface area contributed by atoms with Crippen molar-refractivity contribution in [1.29, 1.82) is 0 Å². The number of carbonyl (C=O) groups excluding carboxylic acids is 1. The van der Waals surface area contributed by atoms with Gasteiger partial charge in [0.25, 0.3) is 0 Å². The Morgan fingerprint density at radius 2 is 2.25 bits per heavy atom. The topological polar surface area (TPSA) is 59.9 Å². The number of ether oxygens (including phenoxy) is 2. The Balaban J connectivity index is 2.40. The monoisotopic (exact) mass is 228 g/mol. The summed E-state index contributed by atoms with van der Waals surface area (Å²) >= 11 is 0. The summed E-state index contributed by atoms with van der Waals surface area (Å²) in [6, 6.07) is -0.250. The van der Waals surface area contributed by atoms with Gasteiger partial charge in [-0.1, -0.05) is 0 Å². The highest BCUT2D eigenvalue weighted by Crippen LogP contribution is 2.09. The number of alkyl carbamates (subject to hydrolysis) is 1. The molecule has 0 radical (unpaired) electrons. The summed E-state index contributed by atoms with van der Waals surface area (Å²) in [5, 5.41) is 2.68.